The van der Waals surface area contributed by atoms with Crippen LogP contribution in [0, 0.1) is 5.82 Å². The quantitative estimate of drug-likeness (QED) is 0.146. The van der Waals surface area contributed by atoms with Gasteiger partial charge in [-0.1, -0.05) is 41.6 Å². The number of rotatable bonds is 10. The molecule has 1 saturated carbocycles. The first-order chi connectivity index (χ1) is 25.1. The second-order valence-electron chi connectivity index (χ2n) is 13.5. The van der Waals surface area contributed by atoms with Gasteiger partial charge >= 0.3 is 5.97 Å². The predicted octanol–water partition coefficient (Wildman–Crippen LogP) is 6.68. The highest BCUT2D eigenvalue weighted by atomic mass is 19.1. The minimum Gasteiger partial charge on any atom is -0.313 e. The molecule has 11 nitrogen and oxygen atoms in total. The third-order valence-electron chi connectivity index (χ3n) is 9.84. The molecule has 7 aromatic rings. The van der Waals surface area contributed by atoms with Gasteiger partial charge in [0.25, 0.3) is 0 Å². The van der Waals surface area contributed by atoms with Crippen LogP contribution in [0.15, 0.2) is 85.2 Å². The Balaban J connectivity index is 1.05. The van der Waals surface area contributed by atoms with Gasteiger partial charge in [-0.2, -0.15) is 10.2 Å². The minimum atomic E-state index is -0.611. The largest absolute Gasteiger partial charge is 0.365 e. The third-order valence-corrected chi connectivity index (χ3v) is 9.84. The second kappa shape index (κ2) is 13.2. The molecule has 0 amide bonds. The van der Waals surface area contributed by atoms with E-state index in [-0.39, 0.29) is 11.4 Å². The summed E-state index contributed by atoms with van der Waals surface area (Å²) in [5.41, 5.74) is 6.55. The molecule has 3 aromatic heterocycles. The van der Waals surface area contributed by atoms with Gasteiger partial charge < -0.3 is 10.2 Å². The third kappa shape index (κ3) is 6.28. The van der Waals surface area contributed by atoms with Gasteiger partial charge in [-0.15, -0.1) is 5.10 Å². The molecule has 0 unspecified atom stereocenters. The van der Waals surface area contributed by atoms with Gasteiger partial charge in [0.2, 0.25) is 0 Å². The number of piperidine rings is 1. The number of H-pyrrole nitrogens is 2. The molecular formula is C39H36FN9O2. The van der Waals surface area contributed by atoms with Crippen molar-refractivity contribution in [2.24, 2.45) is 0 Å². The average molecular weight is 682 g/mol. The Morgan fingerprint density at radius 2 is 1.78 bits per heavy atom. The summed E-state index contributed by atoms with van der Waals surface area (Å²) < 4.78 is 15.7. The Kier molecular flexibility index (Phi) is 8.09. The Labute approximate surface area is 292 Å². The topological polar surface area (TPSA) is 130 Å². The molecule has 0 radical (unpaired) electrons. The van der Waals surface area contributed by atoms with Crippen molar-refractivity contribution in [1.29, 1.82) is 0 Å². The molecule has 1 aliphatic heterocycles. The molecule has 1 aliphatic carbocycles. The van der Waals surface area contributed by atoms with Crippen molar-refractivity contribution >= 4 is 27.8 Å². The van der Waals surface area contributed by atoms with E-state index in [1.165, 1.54) is 36.0 Å². The monoisotopic (exact) mass is 681 g/mol. The number of hydrogen-bond donors (Lipinski definition) is 3. The smallest absolute Gasteiger partial charge is 0.313 e. The van der Waals surface area contributed by atoms with E-state index in [0.29, 0.717) is 57.3 Å². The van der Waals surface area contributed by atoms with Gasteiger partial charge in [-0.05, 0) is 92.9 Å². The Hall–Kier alpha value is -5.72. The highest BCUT2D eigenvalue weighted by molar-refractivity contribution is 6.00. The molecule has 1 saturated heterocycles. The Morgan fingerprint density at radius 3 is 2.63 bits per heavy atom. The zero-order valence-corrected chi connectivity index (χ0v) is 27.9. The van der Waals surface area contributed by atoms with Gasteiger partial charge in [0.05, 0.1) is 11.1 Å². The lowest BCUT2D eigenvalue weighted by atomic mass is 10.0. The average Bonchev–Trinajstić information content (AvgIpc) is 3.49. The van der Waals surface area contributed by atoms with Crippen molar-refractivity contribution in [1.82, 2.24) is 45.5 Å². The summed E-state index contributed by atoms with van der Waals surface area (Å²) >= 11 is 0. The second-order valence-corrected chi connectivity index (χ2v) is 13.5. The standard InChI is InChI=1S/C39H36FN9O2/c40-35-28(21-41-29-12-13-29)8-5-9-30(35)37-31-20-27(10-14-33(31)44-45-37)39(50)51-49-34-15-11-26(38-42-23-43-46-38)19-32(34)36(47-49)25-7-4-6-24(18-25)22-48-16-2-1-3-17-48/h4-11,14-15,18-20,23,29,41H,1-3,12-13,16-17,21-22H2,(H,44,45)(H,42,43,46). The number of carbonyl (C=O) groups excluding carboxylic acids is 1. The maximum atomic E-state index is 15.7. The van der Waals surface area contributed by atoms with Gasteiger partial charge in [0.15, 0.2) is 5.82 Å². The van der Waals surface area contributed by atoms with E-state index >= 15 is 4.39 Å². The van der Waals surface area contributed by atoms with Crippen LogP contribution < -0.4 is 10.2 Å². The van der Waals surface area contributed by atoms with Crippen LogP contribution in [0.1, 0.15) is 53.6 Å². The number of aromatic amines is 2. The molecule has 4 aromatic carbocycles. The van der Waals surface area contributed by atoms with Crippen molar-refractivity contribution in [3.05, 3.63) is 108 Å². The van der Waals surface area contributed by atoms with Gasteiger partial charge in [0.1, 0.15) is 29.0 Å². The minimum absolute atomic E-state index is 0.281. The molecule has 0 atom stereocenters. The summed E-state index contributed by atoms with van der Waals surface area (Å²) in [4.78, 5) is 27.9. The van der Waals surface area contributed by atoms with Crippen molar-refractivity contribution in [3.8, 4) is 33.9 Å². The van der Waals surface area contributed by atoms with Gasteiger partial charge in [-0.3, -0.25) is 15.1 Å². The van der Waals surface area contributed by atoms with E-state index in [1.54, 1.807) is 30.3 Å². The molecule has 256 valence electrons. The fraction of sp³-hybridized carbons (Fsp3) is 0.256. The van der Waals surface area contributed by atoms with Crippen LogP contribution in [0.2, 0.25) is 0 Å². The highest BCUT2D eigenvalue weighted by Crippen LogP contribution is 2.33. The summed E-state index contributed by atoms with van der Waals surface area (Å²) in [5, 5.41) is 24.1. The fourth-order valence-corrected chi connectivity index (χ4v) is 6.97. The van der Waals surface area contributed by atoms with Gasteiger partial charge in [-0.25, -0.2) is 14.2 Å². The van der Waals surface area contributed by atoms with Crippen molar-refractivity contribution in [3.63, 3.8) is 0 Å². The zero-order chi connectivity index (χ0) is 34.3. The van der Waals surface area contributed by atoms with E-state index in [4.69, 9.17) is 9.94 Å². The molecule has 2 fully saturated rings. The summed E-state index contributed by atoms with van der Waals surface area (Å²) in [6.45, 7) is 3.52. The highest BCUT2D eigenvalue weighted by Gasteiger charge is 2.23. The normalized spacial score (nSPS) is 15.2. The number of likely N-dealkylation sites (tertiary alicyclic amines) is 1. The van der Waals surface area contributed by atoms with Crippen molar-refractivity contribution in [2.45, 2.75) is 51.2 Å². The summed E-state index contributed by atoms with van der Waals surface area (Å²) in [7, 11) is 0. The molecule has 0 bridgehead atoms. The van der Waals surface area contributed by atoms with Crippen LogP contribution in [0.5, 0.6) is 0 Å². The van der Waals surface area contributed by atoms with Crippen molar-refractivity contribution < 1.29 is 14.0 Å². The number of aromatic nitrogens is 7. The molecular weight excluding hydrogens is 645 g/mol. The number of benzene rings is 4. The van der Waals surface area contributed by atoms with Crippen LogP contribution in [0.3, 0.4) is 0 Å². The number of halogens is 1. The molecule has 51 heavy (non-hydrogen) atoms. The number of fused-ring (bicyclic) bond motifs is 2. The van der Waals surface area contributed by atoms with Crippen LogP contribution in [-0.4, -0.2) is 65.3 Å². The van der Waals surface area contributed by atoms with Crippen LogP contribution in [0.25, 0.3) is 55.7 Å². The number of nitrogens with zero attached hydrogens (tertiary/aromatic N) is 6. The predicted molar refractivity (Wildman–Crippen MR) is 192 cm³/mol. The Morgan fingerprint density at radius 1 is 0.902 bits per heavy atom. The first-order valence-corrected chi connectivity index (χ1v) is 17.5. The first-order valence-electron chi connectivity index (χ1n) is 17.5. The number of carbonyl (C=O) groups is 1. The van der Waals surface area contributed by atoms with E-state index < -0.39 is 5.97 Å². The first kappa shape index (κ1) is 31.3. The molecule has 2 aliphatic rings. The SMILES string of the molecule is O=C(On1nc(-c2cccc(CN3CCCCC3)c2)c2cc(-c3nc[nH]n3)ccc21)c1ccc2[nH]nc(-c3cccc(CNC4CC4)c3F)c2c1. The molecule has 0 spiro atoms. The van der Waals surface area contributed by atoms with E-state index in [9.17, 15) is 4.79 Å². The number of hydrogen-bond acceptors (Lipinski definition) is 8. The fourth-order valence-electron chi connectivity index (χ4n) is 6.97. The summed E-state index contributed by atoms with van der Waals surface area (Å²) in [5.74, 6) is -0.386. The molecule has 12 heteroatoms. The maximum Gasteiger partial charge on any atom is 0.365 e. The molecule has 3 N–H and O–H groups in total. The zero-order valence-electron chi connectivity index (χ0n) is 27.9. The lowest BCUT2D eigenvalue weighted by Gasteiger charge is -2.26. The van der Waals surface area contributed by atoms with Gasteiger partial charge in [0, 0.05) is 52.2 Å². The van der Waals surface area contributed by atoms with Crippen molar-refractivity contribution in [2.75, 3.05) is 13.1 Å². The maximum absolute atomic E-state index is 15.7. The number of nitrogens with one attached hydrogen (secondary N) is 3. The van der Waals surface area contributed by atoms with E-state index in [0.717, 1.165) is 49.0 Å². The van der Waals surface area contributed by atoms with E-state index in [2.05, 4.69) is 47.7 Å². The van der Waals surface area contributed by atoms with Crippen LogP contribution in [-0.2, 0) is 13.1 Å². The van der Waals surface area contributed by atoms with Crippen LogP contribution >= 0.6 is 0 Å². The van der Waals surface area contributed by atoms with E-state index in [1.807, 2.05) is 36.4 Å². The summed E-state index contributed by atoms with van der Waals surface area (Å²) in [6.07, 6.45) is 7.51. The Bertz CT molecular complexity index is 2370. The lowest BCUT2D eigenvalue weighted by molar-refractivity contribution is 0.0421. The molecule has 9 rings (SSSR count). The summed E-state index contributed by atoms with van der Waals surface area (Å²) in [6, 6.07) is 25.0. The molecule has 4 heterocycles. The van der Waals surface area contributed by atoms with Crippen LogP contribution in [0.4, 0.5) is 4.39 Å². The lowest BCUT2D eigenvalue weighted by Crippen LogP contribution is -2.29.